The maximum atomic E-state index is 11.4. The van der Waals surface area contributed by atoms with Crippen LogP contribution in [0.1, 0.15) is 62.5 Å². The zero-order valence-corrected chi connectivity index (χ0v) is 24.6. The molecule has 1 spiro atoms. The summed E-state index contributed by atoms with van der Waals surface area (Å²) < 4.78 is 17.4. The van der Waals surface area contributed by atoms with Crippen molar-refractivity contribution in [3.05, 3.63) is 40.5 Å². The van der Waals surface area contributed by atoms with Crippen LogP contribution in [0.5, 0.6) is 5.75 Å². The van der Waals surface area contributed by atoms with Gasteiger partial charge in [0.1, 0.15) is 30.2 Å². The van der Waals surface area contributed by atoms with Crippen LogP contribution in [0.4, 0.5) is 0 Å². The Morgan fingerprint density at radius 1 is 1.05 bits per heavy atom. The van der Waals surface area contributed by atoms with E-state index in [1.165, 1.54) is 18.4 Å². The number of hydrogen-bond acceptors (Lipinski definition) is 10. The van der Waals surface area contributed by atoms with E-state index in [2.05, 4.69) is 0 Å². The van der Waals surface area contributed by atoms with Gasteiger partial charge in [-0.15, -0.1) is 0 Å². The molecule has 2 heterocycles. The molecule has 3 N–H and O–H groups in total. The van der Waals surface area contributed by atoms with Gasteiger partial charge in [-0.2, -0.15) is 4.89 Å². The fraction of sp³-hybridized carbons (Fsp3) is 0.679. The Balaban J connectivity index is 0.00000308. The molecule has 1 aromatic carbocycles. The molecule has 0 radical (unpaired) electrons. The SMILES string of the molecule is COC1(c2ccc(C)c(O[C@@H]3OC(C(=O)[O-])[C@@H](O)[C@H](O)C3O)c2)OOC12C1CCCC2C2=C(CCCC2)C1.[Na+]. The predicted molar refractivity (Wildman–Crippen MR) is 128 cm³/mol. The fourth-order valence-corrected chi connectivity index (χ4v) is 7.53. The molecule has 6 unspecified atom stereocenters. The summed E-state index contributed by atoms with van der Waals surface area (Å²) in [5.74, 6) is -2.19. The maximum Gasteiger partial charge on any atom is 1.00 e. The van der Waals surface area contributed by atoms with Crippen molar-refractivity contribution in [3.63, 3.8) is 0 Å². The van der Waals surface area contributed by atoms with Crippen molar-refractivity contribution in [1.82, 2.24) is 0 Å². The summed E-state index contributed by atoms with van der Waals surface area (Å²) in [6.07, 6.45) is 0.00189. The van der Waals surface area contributed by atoms with Gasteiger partial charge >= 0.3 is 29.6 Å². The number of carboxylic acids is 1. The number of fused-ring (bicyclic) bond motifs is 1. The molecule has 5 aliphatic rings. The first-order valence-corrected chi connectivity index (χ1v) is 13.5. The molecule has 1 aromatic rings. The third kappa shape index (κ3) is 4.34. The van der Waals surface area contributed by atoms with E-state index in [-0.39, 0.29) is 47.1 Å². The summed E-state index contributed by atoms with van der Waals surface area (Å²) >= 11 is 0. The number of methoxy groups -OCH3 is 1. The first-order chi connectivity index (χ1) is 18.2. The van der Waals surface area contributed by atoms with Crippen molar-refractivity contribution in [1.29, 1.82) is 0 Å². The number of rotatable bonds is 5. The van der Waals surface area contributed by atoms with Crippen LogP contribution in [0.25, 0.3) is 0 Å². The van der Waals surface area contributed by atoms with E-state index < -0.39 is 48.1 Å². The fourth-order valence-electron chi connectivity index (χ4n) is 7.53. The quantitative estimate of drug-likeness (QED) is 0.215. The van der Waals surface area contributed by atoms with Crippen molar-refractivity contribution < 1.29 is 78.8 Å². The first-order valence-electron chi connectivity index (χ1n) is 13.5. The standard InChI is InChI=1S/C28H36O10.Na/c1-14-10-11-17(13-20(14)35-26-23(31)21(29)22(30)24(36-26)25(32)33)28(34-2)27(37-38-28)16-7-5-9-19(27)18-8-4-3-6-15(18)12-16;/h10-11,13,16,19,21-24,26,29-31H,3-9,12H2,1-2H3,(H,32,33);/q;+1/p-1/t16?,19?,21-,22-,23?,24?,26+,27?,28?;/m0./s1. The van der Waals surface area contributed by atoms with Crippen LogP contribution in [-0.4, -0.2) is 64.7 Å². The second-order valence-electron chi connectivity index (χ2n) is 11.3. The van der Waals surface area contributed by atoms with Crippen LogP contribution >= 0.6 is 0 Å². The van der Waals surface area contributed by atoms with E-state index in [0.717, 1.165) is 38.5 Å². The first kappa shape index (κ1) is 29.4. The summed E-state index contributed by atoms with van der Waals surface area (Å²) in [4.78, 5) is 23.5. The van der Waals surface area contributed by atoms with E-state index in [1.807, 2.05) is 12.1 Å². The predicted octanol–water partition coefficient (Wildman–Crippen LogP) is -1.87. The van der Waals surface area contributed by atoms with Crippen molar-refractivity contribution in [2.24, 2.45) is 11.8 Å². The molecule has 9 atom stereocenters. The molecule has 3 aliphatic carbocycles. The minimum Gasteiger partial charge on any atom is -0.547 e. The molecule has 0 amide bonds. The molecule has 10 nitrogen and oxygen atoms in total. The van der Waals surface area contributed by atoms with Crippen LogP contribution in [-0.2, 0) is 29.8 Å². The van der Waals surface area contributed by atoms with Gasteiger partial charge in [0.05, 0.1) is 5.97 Å². The van der Waals surface area contributed by atoms with Crippen LogP contribution in [0.2, 0.25) is 0 Å². The van der Waals surface area contributed by atoms with Gasteiger partial charge in [-0.05, 0) is 63.5 Å². The van der Waals surface area contributed by atoms with Crippen LogP contribution in [0, 0.1) is 18.8 Å². The van der Waals surface area contributed by atoms with E-state index in [1.54, 1.807) is 25.7 Å². The average Bonchev–Trinajstić information content (AvgIpc) is 2.90. The van der Waals surface area contributed by atoms with Crippen LogP contribution < -0.4 is 39.4 Å². The average molecular weight is 555 g/mol. The Labute approximate surface area is 249 Å². The Morgan fingerprint density at radius 3 is 2.51 bits per heavy atom. The number of carbonyl (C=O) groups is 1. The summed E-state index contributed by atoms with van der Waals surface area (Å²) in [5, 5.41) is 42.1. The number of aliphatic carboxylic acids is 1. The Kier molecular flexibility index (Phi) is 8.29. The molecular formula is C28H35NaO10. The summed E-state index contributed by atoms with van der Waals surface area (Å²) in [6.45, 7) is 1.79. The molecule has 3 fully saturated rings. The Morgan fingerprint density at radius 2 is 1.82 bits per heavy atom. The smallest absolute Gasteiger partial charge is 0.547 e. The van der Waals surface area contributed by atoms with Crippen molar-refractivity contribution in [3.8, 4) is 5.75 Å². The number of aliphatic hydroxyl groups is 3. The maximum absolute atomic E-state index is 11.4. The molecule has 6 rings (SSSR count). The number of benzene rings is 1. The molecule has 2 saturated heterocycles. The summed E-state index contributed by atoms with van der Waals surface area (Å²) in [5.41, 5.74) is 3.75. The summed E-state index contributed by atoms with van der Waals surface area (Å²) in [7, 11) is 1.61. The van der Waals surface area contributed by atoms with Gasteiger partial charge in [0.15, 0.2) is 5.60 Å². The number of carboxylic acid groups (broad SMARTS) is 1. The topological polar surface area (TPSA) is 147 Å². The van der Waals surface area contributed by atoms with Crippen molar-refractivity contribution in [2.45, 2.75) is 100 Å². The van der Waals surface area contributed by atoms with Gasteiger partial charge < -0.3 is 39.4 Å². The van der Waals surface area contributed by atoms with Gasteiger partial charge in [-0.25, -0.2) is 4.89 Å². The number of carbonyl (C=O) groups excluding carboxylic acids is 1. The van der Waals surface area contributed by atoms with Gasteiger partial charge in [0, 0.05) is 24.5 Å². The molecular weight excluding hydrogens is 519 g/mol. The minimum absolute atomic E-state index is 0. The van der Waals surface area contributed by atoms with E-state index in [0.29, 0.717) is 11.1 Å². The van der Waals surface area contributed by atoms with Gasteiger partial charge in [-0.3, -0.25) is 0 Å². The number of allylic oxidation sites excluding steroid dienone is 1. The van der Waals surface area contributed by atoms with Gasteiger partial charge in [0.25, 0.3) is 5.79 Å². The van der Waals surface area contributed by atoms with E-state index >= 15 is 0 Å². The number of aliphatic hydroxyl groups excluding tert-OH is 3. The number of hydrogen-bond donors (Lipinski definition) is 3. The largest absolute Gasteiger partial charge is 1.00 e. The summed E-state index contributed by atoms with van der Waals surface area (Å²) in [6, 6.07) is 5.45. The van der Waals surface area contributed by atoms with E-state index in [4.69, 9.17) is 24.0 Å². The molecule has 2 bridgehead atoms. The number of aryl methyl sites for hydroxylation is 1. The monoisotopic (exact) mass is 554 g/mol. The van der Waals surface area contributed by atoms with Crippen LogP contribution in [0.15, 0.2) is 29.3 Å². The van der Waals surface area contributed by atoms with Crippen molar-refractivity contribution in [2.75, 3.05) is 7.11 Å². The molecule has 208 valence electrons. The third-order valence-corrected chi connectivity index (χ3v) is 9.42. The van der Waals surface area contributed by atoms with E-state index in [9.17, 15) is 25.2 Å². The van der Waals surface area contributed by atoms with Crippen LogP contribution in [0.3, 0.4) is 0 Å². The Hall–Kier alpha value is -1.05. The minimum atomic E-state index is -1.86. The second-order valence-corrected chi connectivity index (χ2v) is 11.3. The molecule has 1 saturated carbocycles. The second kappa shape index (κ2) is 11.0. The normalized spacial score (nSPS) is 41.3. The molecule has 2 aliphatic heterocycles. The van der Waals surface area contributed by atoms with Gasteiger partial charge in [-0.1, -0.05) is 29.7 Å². The van der Waals surface area contributed by atoms with Gasteiger partial charge in [0.2, 0.25) is 6.29 Å². The molecule has 39 heavy (non-hydrogen) atoms. The third-order valence-electron chi connectivity index (χ3n) is 9.42. The zero-order valence-electron chi connectivity index (χ0n) is 22.6. The van der Waals surface area contributed by atoms with Crippen molar-refractivity contribution >= 4 is 5.97 Å². The number of ether oxygens (including phenoxy) is 3. The Bertz CT molecular complexity index is 1140. The zero-order chi connectivity index (χ0) is 26.8. The molecule has 11 heteroatoms. The molecule has 0 aromatic heterocycles.